The molecule has 1 aliphatic rings. The molecule has 0 bridgehead atoms. The number of fused-ring (bicyclic) bond motifs is 3. The second kappa shape index (κ2) is 3.78. The number of hydrogen-bond donors (Lipinski definition) is 1. The van der Waals surface area contributed by atoms with Crippen LogP contribution in [-0.2, 0) is 12.8 Å². The van der Waals surface area contributed by atoms with Gasteiger partial charge in [0.2, 0.25) is 0 Å². The van der Waals surface area contributed by atoms with Crippen LogP contribution in [0.15, 0.2) is 36.7 Å². The number of aromatic nitrogens is 3. The minimum Gasteiger partial charge on any atom is -0.348 e. The summed E-state index contributed by atoms with van der Waals surface area (Å²) in [5, 5.41) is 1.14. The minimum absolute atomic E-state index is 0.798. The summed E-state index contributed by atoms with van der Waals surface area (Å²) < 4.78 is 0. The maximum atomic E-state index is 4.77. The Labute approximate surface area is 109 Å². The first-order chi connectivity index (χ1) is 8.90. The zero-order valence-corrected chi connectivity index (χ0v) is 10.5. The van der Waals surface area contributed by atoms with Gasteiger partial charge in [0.15, 0.2) is 0 Å². The smallest absolute Gasteiger partial charge is 0.112 e. The number of nitrogens with zero attached hydrogens (tertiary/aromatic N) is 2. The van der Waals surface area contributed by atoms with Crippen molar-refractivity contribution in [1.82, 2.24) is 15.0 Å². The molecule has 1 aliphatic carbocycles. The highest BCUT2D eigenvalue weighted by atomic mass is 32.1. The van der Waals surface area contributed by atoms with Crippen LogP contribution in [0.25, 0.3) is 11.3 Å². The van der Waals surface area contributed by atoms with E-state index in [1.54, 1.807) is 17.5 Å². The standard InChI is InChI=1S/C14H11N3S/c1-2-4-10-9(3-1)7-11-14(10)17-13(18-11)8-12-15-5-6-16-12/h1-6H,7-8H2,(H,15,16). The maximum Gasteiger partial charge on any atom is 0.112 e. The average Bonchev–Trinajstić information content (AvgIpc) is 3.05. The molecular weight excluding hydrogens is 242 g/mol. The minimum atomic E-state index is 0.798. The first kappa shape index (κ1) is 10.0. The molecule has 1 N–H and O–H groups in total. The van der Waals surface area contributed by atoms with Crippen LogP contribution in [-0.4, -0.2) is 15.0 Å². The van der Waals surface area contributed by atoms with Crippen LogP contribution in [0.3, 0.4) is 0 Å². The van der Waals surface area contributed by atoms with E-state index < -0.39 is 0 Å². The molecule has 3 aromatic rings. The van der Waals surface area contributed by atoms with Crippen LogP contribution in [0, 0.1) is 0 Å². The van der Waals surface area contributed by atoms with Gasteiger partial charge < -0.3 is 4.98 Å². The maximum absolute atomic E-state index is 4.77. The van der Waals surface area contributed by atoms with Gasteiger partial charge in [-0.3, -0.25) is 0 Å². The molecule has 0 saturated heterocycles. The van der Waals surface area contributed by atoms with Gasteiger partial charge in [0.05, 0.1) is 12.1 Å². The third-order valence-electron chi connectivity index (χ3n) is 3.24. The van der Waals surface area contributed by atoms with E-state index in [1.165, 1.54) is 21.7 Å². The zero-order valence-electron chi connectivity index (χ0n) is 9.68. The van der Waals surface area contributed by atoms with Crippen molar-refractivity contribution in [2.24, 2.45) is 0 Å². The van der Waals surface area contributed by atoms with E-state index in [1.807, 2.05) is 6.20 Å². The SMILES string of the molecule is c1ccc2c(c1)Cc1sc(Cc3ncc[nH]3)nc1-2. The number of H-pyrrole nitrogens is 1. The molecule has 0 amide bonds. The first-order valence-corrected chi connectivity index (χ1v) is 6.77. The number of aromatic amines is 1. The van der Waals surface area contributed by atoms with Crippen molar-refractivity contribution in [3.8, 4) is 11.3 Å². The van der Waals surface area contributed by atoms with E-state index in [4.69, 9.17) is 4.98 Å². The van der Waals surface area contributed by atoms with Crippen LogP contribution in [0.5, 0.6) is 0 Å². The van der Waals surface area contributed by atoms with Crippen molar-refractivity contribution in [2.75, 3.05) is 0 Å². The largest absolute Gasteiger partial charge is 0.348 e. The molecule has 1 aromatic carbocycles. The summed E-state index contributed by atoms with van der Waals surface area (Å²) in [6.45, 7) is 0. The van der Waals surface area contributed by atoms with Gasteiger partial charge in [-0.1, -0.05) is 24.3 Å². The first-order valence-electron chi connectivity index (χ1n) is 5.95. The number of imidazole rings is 1. The lowest BCUT2D eigenvalue weighted by molar-refractivity contribution is 1.01. The second-order valence-electron chi connectivity index (χ2n) is 4.43. The topological polar surface area (TPSA) is 41.6 Å². The predicted octanol–water partition coefficient (Wildman–Crippen LogP) is 3.03. The Morgan fingerprint density at radius 3 is 3.11 bits per heavy atom. The van der Waals surface area contributed by atoms with Crippen molar-refractivity contribution in [3.63, 3.8) is 0 Å². The molecule has 0 spiro atoms. The summed E-state index contributed by atoms with van der Waals surface area (Å²) in [6.07, 6.45) is 5.46. The molecule has 18 heavy (non-hydrogen) atoms. The lowest BCUT2D eigenvalue weighted by Gasteiger charge is -1.97. The fourth-order valence-corrected chi connectivity index (χ4v) is 3.53. The summed E-state index contributed by atoms with van der Waals surface area (Å²) in [5.41, 5.74) is 3.88. The van der Waals surface area contributed by atoms with Crippen molar-refractivity contribution in [1.29, 1.82) is 0 Å². The molecule has 0 fully saturated rings. The van der Waals surface area contributed by atoms with Crippen LogP contribution in [0.2, 0.25) is 0 Å². The lowest BCUT2D eigenvalue weighted by atomic mass is 10.1. The summed E-state index contributed by atoms with van der Waals surface area (Å²) in [4.78, 5) is 13.5. The molecule has 4 rings (SSSR count). The van der Waals surface area contributed by atoms with E-state index in [9.17, 15) is 0 Å². The monoisotopic (exact) mass is 253 g/mol. The van der Waals surface area contributed by atoms with Crippen molar-refractivity contribution < 1.29 is 0 Å². The second-order valence-corrected chi connectivity index (χ2v) is 5.59. The number of rotatable bonds is 2. The van der Waals surface area contributed by atoms with E-state index in [-0.39, 0.29) is 0 Å². The number of thiazole rings is 1. The number of benzene rings is 1. The normalized spacial score (nSPS) is 12.4. The van der Waals surface area contributed by atoms with Crippen LogP contribution < -0.4 is 0 Å². The van der Waals surface area contributed by atoms with Gasteiger partial charge in [0, 0.05) is 29.3 Å². The molecule has 2 aromatic heterocycles. The highest BCUT2D eigenvalue weighted by Crippen LogP contribution is 2.39. The van der Waals surface area contributed by atoms with Crippen LogP contribution in [0.4, 0.5) is 0 Å². The molecular formula is C14H11N3S. The quantitative estimate of drug-likeness (QED) is 0.596. The van der Waals surface area contributed by atoms with Gasteiger partial charge >= 0.3 is 0 Å². The molecule has 0 saturated carbocycles. The molecule has 3 nitrogen and oxygen atoms in total. The van der Waals surface area contributed by atoms with E-state index in [2.05, 4.69) is 34.2 Å². The van der Waals surface area contributed by atoms with Gasteiger partial charge in [-0.25, -0.2) is 9.97 Å². The Hall–Kier alpha value is -1.94. The highest BCUT2D eigenvalue weighted by molar-refractivity contribution is 7.12. The van der Waals surface area contributed by atoms with Crippen LogP contribution in [0.1, 0.15) is 21.3 Å². The molecule has 0 atom stereocenters. The molecule has 2 heterocycles. The molecule has 4 heteroatoms. The van der Waals surface area contributed by atoms with Crippen LogP contribution >= 0.6 is 11.3 Å². The van der Waals surface area contributed by atoms with Crippen molar-refractivity contribution in [3.05, 3.63) is 57.9 Å². The van der Waals surface area contributed by atoms with Crippen molar-refractivity contribution in [2.45, 2.75) is 12.8 Å². The Morgan fingerprint density at radius 1 is 1.28 bits per heavy atom. The van der Waals surface area contributed by atoms with E-state index in [0.717, 1.165) is 23.7 Å². The summed E-state index contributed by atoms with van der Waals surface area (Å²) in [5.74, 6) is 0.982. The fourth-order valence-electron chi connectivity index (χ4n) is 2.42. The fraction of sp³-hybridized carbons (Fsp3) is 0.143. The summed E-state index contributed by atoms with van der Waals surface area (Å²) in [7, 11) is 0. The summed E-state index contributed by atoms with van der Waals surface area (Å²) >= 11 is 1.81. The lowest BCUT2D eigenvalue weighted by Crippen LogP contribution is -1.90. The molecule has 0 aliphatic heterocycles. The predicted molar refractivity (Wildman–Crippen MR) is 71.7 cm³/mol. The van der Waals surface area contributed by atoms with E-state index in [0.29, 0.717) is 0 Å². The zero-order chi connectivity index (χ0) is 11.9. The molecule has 0 radical (unpaired) electrons. The van der Waals surface area contributed by atoms with Gasteiger partial charge in [-0.05, 0) is 5.56 Å². The summed E-state index contributed by atoms with van der Waals surface area (Å²) in [6, 6.07) is 8.53. The third-order valence-corrected chi connectivity index (χ3v) is 4.29. The molecule has 88 valence electrons. The Bertz CT molecular complexity index is 698. The van der Waals surface area contributed by atoms with Gasteiger partial charge in [0.25, 0.3) is 0 Å². The Morgan fingerprint density at radius 2 is 2.22 bits per heavy atom. The van der Waals surface area contributed by atoms with Crippen molar-refractivity contribution >= 4 is 11.3 Å². The van der Waals surface area contributed by atoms with E-state index >= 15 is 0 Å². The molecule has 0 unspecified atom stereocenters. The van der Waals surface area contributed by atoms with Gasteiger partial charge in [0.1, 0.15) is 10.8 Å². The number of nitrogens with one attached hydrogen (secondary N) is 1. The Kier molecular flexibility index (Phi) is 2.11. The number of hydrogen-bond acceptors (Lipinski definition) is 3. The average molecular weight is 253 g/mol. The Balaban J connectivity index is 1.72. The van der Waals surface area contributed by atoms with Gasteiger partial charge in [-0.15, -0.1) is 11.3 Å². The van der Waals surface area contributed by atoms with Gasteiger partial charge in [-0.2, -0.15) is 0 Å². The highest BCUT2D eigenvalue weighted by Gasteiger charge is 2.22. The third kappa shape index (κ3) is 1.49.